The molecule has 144 valence electrons. The smallest absolute Gasteiger partial charge is 0.418 e. The van der Waals surface area contributed by atoms with Crippen molar-refractivity contribution in [3.8, 4) is 0 Å². The zero-order chi connectivity index (χ0) is 20.1. The molecule has 0 bridgehead atoms. The van der Waals surface area contributed by atoms with E-state index in [1.807, 2.05) is 0 Å². The van der Waals surface area contributed by atoms with Crippen molar-refractivity contribution >= 4 is 29.1 Å². The molecule has 2 N–H and O–H groups in total. The molecule has 0 radical (unpaired) electrons. The summed E-state index contributed by atoms with van der Waals surface area (Å²) in [5.41, 5.74) is -0.394. The Kier molecular flexibility index (Phi) is 5.39. The van der Waals surface area contributed by atoms with Crippen molar-refractivity contribution < 1.29 is 22.7 Å². The largest absolute Gasteiger partial charge is 0.465 e. The predicted octanol–water partition coefficient (Wildman–Crippen LogP) is 4.16. The van der Waals surface area contributed by atoms with E-state index in [0.717, 1.165) is 6.07 Å². The highest BCUT2D eigenvalue weighted by atomic mass is 19.4. The van der Waals surface area contributed by atoms with Crippen molar-refractivity contribution in [1.29, 1.82) is 0 Å². The summed E-state index contributed by atoms with van der Waals surface area (Å²) in [5, 5.41) is 12.9. The van der Waals surface area contributed by atoms with Gasteiger partial charge in [0.2, 0.25) is 5.95 Å². The van der Waals surface area contributed by atoms with Gasteiger partial charge in [-0.3, -0.25) is 0 Å². The Morgan fingerprint density at radius 2 is 1.68 bits per heavy atom. The lowest BCUT2D eigenvalue weighted by Crippen LogP contribution is -2.10. The number of esters is 1. The zero-order valence-electron chi connectivity index (χ0n) is 14.5. The molecule has 0 aliphatic rings. The number of ether oxygens (including phenoxy) is 1. The number of benzene rings is 2. The zero-order valence-corrected chi connectivity index (χ0v) is 14.5. The minimum absolute atomic E-state index is 0.00848. The first-order valence-electron chi connectivity index (χ1n) is 7.96. The van der Waals surface area contributed by atoms with Crippen LogP contribution in [0.15, 0.2) is 54.7 Å². The number of rotatable bonds is 5. The summed E-state index contributed by atoms with van der Waals surface area (Å²) < 4.78 is 44.1. The molecule has 3 rings (SSSR count). The summed E-state index contributed by atoms with van der Waals surface area (Å²) in [6, 6.07) is 11.5. The molecule has 7 nitrogen and oxygen atoms in total. The number of anilines is 4. The Morgan fingerprint density at radius 3 is 2.39 bits per heavy atom. The van der Waals surface area contributed by atoms with Gasteiger partial charge in [0.15, 0.2) is 5.82 Å². The van der Waals surface area contributed by atoms with Gasteiger partial charge in [-0.2, -0.15) is 23.3 Å². The van der Waals surface area contributed by atoms with E-state index in [4.69, 9.17) is 4.74 Å². The van der Waals surface area contributed by atoms with Gasteiger partial charge in [-0.25, -0.2) is 4.79 Å². The van der Waals surface area contributed by atoms with Gasteiger partial charge < -0.3 is 15.4 Å². The van der Waals surface area contributed by atoms with Gasteiger partial charge in [0.1, 0.15) is 0 Å². The van der Waals surface area contributed by atoms with E-state index < -0.39 is 17.7 Å². The normalized spacial score (nSPS) is 11.0. The summed E-state index contributed by atoms with van der Waals surface area (Å²) in [6.45, 7) is 0. The molecule has 3 aromatic rings. The standard InChI is InChI=1S/C18H14F3N5O2/c1-28-16(27)11-6-2-4-8-13(11)24-17-25-15(10-22-26-17)23-14-9-5-3-7-12(14)18(19,20)21/h2-10H,1H3,(H2,23,24,25,26). The maximum Gasteiger partial charge on any atom is 0.418 e. The van der Waals surface area contributed by atoms with Crippen LogP contribution in [0.25, 0.3) is 0 Å². The fourth-order valence-corrected chi connectivity index (χ4v) is 2.39. The summed E-state index contributed by atoms with van der Waals surface area (Å²) in [4.78, 5) is 15.9. The lowest BCUT2D eigenvalue weighted by atomic mass is 10.1. The predicted molar refractivity (Wildman–Crippen MR) is 95.6 cm³/mol. The fraction of sp³-hybridized carbons (Fsp3) is 0.111. The summed E-state index contributed by atoms with van der Waals surface area (Å²) >= 11 is 0. The fourth-order valence-electron chi connectivity index (χ4n) is 2.39. The topological polar surface area (TPSA) is 89.0 Å². The van der Waals surface area contributed by atoms with Crippen molar-refractivity contribution in [2.75, 3.05) is 17.7 Å². The second-order valence-corrected chi connectivity index (χ2v) is 5.50. The first kappa shape index (κ1) is 19.1. The highest BCUT2D eigenvalue weighted by Gasteiger charge is 2.33. The van der Waals surface area contributed by atoms with Crippen LogP contribution in [-0.2, 0) is 10.9 Å². The van der Waals surface area contributed by atoms with Crippen molar-refractivity contribution in [2.45, 2.75) is 6.18 Å². The van der Waals surface area contributed by atoms with Gasteiger partial charge >= 0.3 is 12.1 Å². The molecule has 0 aliphatic heterocycles. The van der Waals surface area contributed by atoms with Gasteiger partial charge in [0.25, 0.3) is 0 Å². The third-order valence-electron chi connectivity index (χ3n) is 3.63. The van der Waals surface area contributed by atoms with Gasteiger partial charge in [-0.1, -0.05) is 24.3 Å². The minimum Gasteiger partial charge on any atom is -0.465 e. The van der Waals surface area contributed by atoms with E-state index in [-0.39, 0.29) is 23.0 Å². The molecular weight excluding hydrogens is 375 g/mol. The molecule has 0 unspecified atom stereocenters. The molecule has 1 aromatic heterocycles. The van der Waals surface area contributed by atoms with Gasteiger partial charge in [-0.15, -0.1) is 5.10 Å². The number of methoxy groups -OCH3 is 1. The van der Waals surface area contributed by atoms with E-state index in [2.05, 4.69) is 25.8 Å². The molecule has 0 aliphatic carbocycles. The molecule has 0 amide bonds. The third-order valence-corrected chi connectivity index (χ3v) is 3.63. The van der Waals surface area contributed by atoms with E-state index in [1.165, 1.54) is 31.5 Å². The number of aromatic nitrogens is 3. The quantitative estimate of drug-likeness (QED) is 0.633. The molecule has 0 fully saturated rings. The van der Waals surface area contributed by atoms with E-state index in [1.54, 1.807) is 24.3 Å². The Morgan fingerprint density at radius 1 is 1.00 bits per heavy atom. The molecule has 0 saturated heterocycles. The van der Waals surface area contributed by atoms with Gasteiger partial charge in [0, 0.05) is 0 Å². The number of nitrogens with zero attached hydrogens (tertiary/aromatic N) is 3. The second-order valence-electron chi connectivity index (χ2n) is 5.50. The van der Waals surface area contributed by atoms with Gasteiger partial charge in [0.05, 0.1) is 35.8 Å². The number of carbonyl (C=O) groups is 1. The Hall–Kier alpha value is -3.69. The van der Waals surface area contributed by atoms with Crippen LogP contribution in [0.4, 0.5) is 36.3 Å². The van der Waals surface area contributed by atoms with Crippen LogP contribution < -0.4 is 10.6 Å². The number of hydrogen-bond acceptors (Lipinski definition) is 7. The third kappa shape index (κ3) is 4.34. The van der Waals surface area contributed by atoms with Gasteiger partial charge in [-0.05, 0) is 24.3 Å². The van der Waals surface area contributed by atoms with Crippen LogP contribution in [0.5, 0.6) is 0 Å². The van der Waals surface area contributed by atoms with Crippen LogP contribution in [-0.4, -0.2) is 28.3 Å². The summed E-state index contributed by atoms with van der Waals surface area (Å²) in [5.74, 6) is -0.528. The molecule has 0 spiro atoms. The SMILES string of the molecule is COC(=O)c1ccccc1Nc1nncc(Nc2ccccc2C(F)(F)F)n1. The molecular formula is C18H14F3N5O2. The lowest BCUT2D eigenvalue weighted by Gasteiger charge is -2.14. The maximum absolute atomic E-state index is 13.1. The lowest BCUT2D eigenvalue weighted by molar-refractivity contribution is -0.136. The van der Waals surface area contributed by atoms with Crippen LogP contribution >= 0.6 is 0 Å². The molecule has 2 aromatic carbocycles. The van der Waals surface area contributed by atoms with Crippen molar-refractivity contribution in [3.05, 3.63) is 65.9 Å². The summed E-state index contributed by atoms with van der Waals surface area (Å²) in [6.07, 6.45) is -3.34. The van der Waals surface area contributed by atoms with E-state index >= 15 is 0 Å². The maximum atomic E-state index is 13.1. The average molecular weight is 389 g/mol. The minimum atomic E-state index is -4.52. The number of nitrogens with one attached hydrogen (secondary N) is 2. The number of hydrogen-bond donors (Lipinski definition) is 2. The van der Waals surface area contributed by atoms with Crippen molar-refractivity contribution in [2.24, 2.45) is 0 Å². The monoisotopic (exact) mass is 389 g/mol. The number of carbonyl (C=O) groups excluding carboxylic acids is 1. The first-order chi connectivity index (χ1) is 13.4. The molecule has 0 atom stereocenters. The highest BCUT2D eigenvalue weighted by molar-refractivity contribution is 5.96. The van der Waals surface area contributed by atoms with Crippen LogP contribution in [0.2, 0.25) is 0 Å². The Balaban J connectivity index is 1.86. The number of halogens is 3. The van der Waals surface area contributed by atoms with Crippen molar-refractivity contribution in [1.82, 2.24) is 15.2 Å². The first-order valence-corrected chi connectivity index (χ1v) is 7.96. The second kappa shape index (κ2) is 7.91. The van der Waals surface area contributed by atoms with Crippen LogP contribution in [0.3, 0.4) is 0 Å². The molecule has 10 heteroatoms. The molecule has 0 saturated carbocycles. The van der Waals surface area contributed by atoms with Crippen LogP contribution in [0.1, 0.15) is 15.9 Å². The number of para-hydroxylation sites is 2. The average Bonchev–Trinajstić information content (AvgIpc) is 2.68. The summed E-state index contributed by atoms with van der Waals surface area (Å²) in [7, 11) is 1.25. The molecule has 28 heavy (non-hydrogen) atoms. The van der Waals surface area contributed by atoms with Crippen molar-refractivity contribution in [3.63, 3.8) is 0 Å². The van der Waals surface area contributed by atoms with E-state index in [0.29, 0.717) is 5.69 Å². The highest BCUT2D eigenvalue weighted by Crippen LogP contribution is 2.35. The Labute approximate surface area is 157 Å². The van der Waals surface area contributed by atoms with E-state index in [9.17, 15) is 18.0 Å². The van der Waals surface area contributed by atoms with Crippen LogP contribution in [0, 0.1) is 0 Å². The Bertz CT molecular complexity index is 995. The number of alkyl halides is 3. The molecule has 1 heterocycles.